The van der Waals surface area contributed by atoms with Crippen molar-refractivity contribution in [1.82, 2.24) is 5.32 Å². The normalized spacial score (nSPS) is 12.7. The third kappa shape index (κ3) is 6.32. The van der Waals surface area contributed by atoms with Gasteiger partial charge >= 0.3 is 5.97 Å². The summed E-state index contributed by atoms with van der Waals surface area (Å²) in [6.07, 6.45) is 2.51. The van der Waals surface area contributed by atoms with Crippen molar-refractivity contribution in [2.24, 2.45) is 0 Å². The first-order valence-corrected chi connectivity index (χ1v) is 8.60. The highest BCUT2D eigenvalue weighted by Crippen LogP contribution is 2.25. The zero-order valence-electron chi connectivity index (χ0n) is 14.8. The van der Waals surface area contributed by atoms with Crippen molar-refractivity contribution in [3.63, 3.8) is 0 Å². The molecule has 0 bridgehead atoms. The van der Waals surface area contributed by atoms with Crippen molar-refractivity contribution in [3.05, 3.63) is 35.4 Å². The minimum Gasteiger partial charge on any atom is -0.481 e. The third-order valence-corrected chi connectivity index (χ3v) is 4.20. The van der Waals surface area contributed by atoms with Gasteiger partial charge in [0.25, 0.3) is 0 Å². The van der Waals surface area contributed by atoms with Crippen LogP contribution in [-0.2, 0) is 9.59 Å². The van der Waals surface area contributed by atoms with Gasteiger partial charge in [-0.05, 0) is 30.9 Å². The SMILES string of the molecule is CCCC(O)(CCC)CC(=O)NC(CC(=O)O)c1ccccc1C. The van der Waals surface area contributed by atoms with E-state index in [2.05, 4.69) is 5.32 Å². The largest absolute Gasteiger partial charge is 0.481 e. The van der Waals surface area contributed by atoms with E-state index in [9.17, 15) is 14.7 Å². The minimum atomic E-state index is -1.02. The highest BCUT2D eigenvalue weighted by molar-refractivity contribution is 5.78. The molecule has 1 aromatic rings. The van der Waals surface area contributed by atoms with Gasteiger partial charge in [-0.25, -0.2) is 0 Å². The standard InChI is InChI=1S/C19H29NO4/c1-4-10-19(24,11-5-2)13-17(21)20-16(12-18(22)23)15-9-7-6-8-14(15)3/h6-9,16,24H,4-5,10-13H2,1-3H3,(H,20,21)(H,22,23). The van der Waals surface area contributed by atoms with E-state index < -0.39 is 17.6 Å². The lowest BCUT2D eigenvalue weighted by atomic mass is 9.88. The molecule has 1 aromatic carbocycles. The Balaban J connectivity index is 2.88. The number of carboxylic acids is 1. The summed E-state index contributed by atoms with van der Waals surface area (Å²) in [6.45, 7) is 5.83. The Morgan fingerprint density at radius 2 is 1.75 bits per heavy atom. The van der Waals surface area contributed by atoms with E-state index in [1.54, 1.807) is 0 Å². The van der Waals surface area contributed by atoms with Crippen molar-refractivity contribution in [2.45, 2.75) is 70.9 Å². The number of nitrogens with one attached hydrogen (secondary N) is 1. The number of hydrogen-bond acceptors (Lipinski definition) is 3. The summed E-state index contributed by atoms with van der Waals surface area (Å²) >= 11 is 0. The molecule has 1 atom stereocenters. The Morgan fingerprint density at radius 1 is 1.17 bits per heavy atom. The molecule has 1 amide bonds. The van der Waals surface area contributed by atoms with E-state index in [1.807, 2.05) is 45.0 Å². The van der Waals surface area contributed by atoms with Gasteiger partial charge in [-0.15, -0.1) is 0 Å². The summed E-state index contributed by atoms with van der Waals surface area (Å²) in [5.41, 5.74) is 0.705. The van der Waals surface area contributed by atoms with Crippen LogP contribution in [-0.4, -0.2) is 27.7 Å². The van der Waals surface area contributed by atoms with Gasteiger partial charge in [0.2, 0.25) is 5.91 Å². The lowest BCUT2D eigenvalue weighted by molar-refractivity contribution is -0.138. The van der Waals surface area contributed by atoms with Gasteiger partial charge in [0.05, 0.1) is 24.5 Å². The molecule has 0 aliphatic carbocycles. The van der Waals surface area contributed by atoms with Gasteiger partial charge in [0, 0.05) is 0 Å². The van der Waals surface area contributed by atoms with Gasteiger partial charge in [0.1, 0.15) is 0 Å². The van der Waals surface area contributed by atoms with Crippen LogP contribution in [0.25, 0.3) is 0 Å². The van der Waals surface area contributed by atoms with E-state index >= 15 is 0 Å². The van der Waals surface area contributed by atoms with Crippen LogP contribution in [0, 0.1) is 6.92 Å². The fourth-order valence-corrected chi connectivity index (χ4v) is 3.17. The molecule has 1 rings (SSSR count). The zero-order valence-corrected chi connectivity index (χ0v) is 14.8. The lowest BCUT2D eigenvalue weighted by Crippen LogP contribution is -2.39. The van der Waals surface area contributed by atoms with Crippen LogP contribution in [0.2, 0.25) is 0 Å². The first kappa shape index (κ1) is 20.2. The Morgan fingerprint density at radius 3 is 2.25 bits per heavy atom. The number of aliphatic hydroxyl groups is 1. The maximum Gasteiger partial charge on any atom is 0.305 e. The second-order valence-electron chi connectivity index (χ2n) is 6.48. The fraction of sp³-hybridized carbons (Fsp3) is 0.579. The number of carbonyl (C=O) groups is 2. The summed E-state index contributed by atoms with van der Waals surface area (Å²) in [6, 6.07) is 6.82. The summed E-state index contributed by atoms with van der Waals surface area (Å²) in [7, 11) is 0. The van der Waals surface area contributed by atoms with Crippen LogP contribution in [0.15, 0.2) is 24.3 Å². The Kier molecular flexibility index (Phi) is 7.92. The van der Waals surface area contributed by atoms with E-state index in [1.165, 1.54) is 0 Å². The van der Waals surface area contributed by atoms with E-state index in [4.69, 9.17) is 5.11 Å². The molecular weight excluding hydrogens is 306 g/mol. The van der Waals surface area contributed by atoms with Crippen LogP contribution in [0.5, 0.6) is 0 Å². The monoisotopic (exact) mass is 335 g/mol. The molecule has 0 spiro atoms. The molecule has 5 heteroatoms. The van der Waals surface area contributed by atoms with E-state index in [0.29, 0.717) is 12.8 Å². The molecule has 0 saturated heterocycles. The average molecular weight is 335 g/mol. The molecule has 5 nitrogen and oxygen atoms in total. The maximum absolute atomic E-state index is 12.4. The van der Waals surface area contributed by atoms with Gasteiger partial charge < -0.3 is 15.5 Å². The molecular formula is C19H29NO4. The quantitative estimate of drug-likeness (QED) is 0.612. The smallest absolute Gasteiger partial charge is 0.305 e. The van der Waals surface area contributed by atoms with Gasteiger partial charge in [-0.3, -0.25) is 9.59 Å². The maximum atomic E-state index is 12.4. The Bertz CT molecular complexity index is 550. The summed E-state index contributed by atoms with van der Waals surface area (Å²) in [4.78, 5) is 23.6. The summed E-state index contributed by atoms with van der Waals surface area (Å²) < 4.78 is 0. The Labute approximate surface area is 144 Å². The van der Waals surface area contributed by atoms with Crippen LogP contribution in [0.3, 0.4) is 0 Å². The fourth-order valence-electron chi connectivity index (χ4n) is 3.17. The predicted octanol–water partition coefficient (Wildman–Crippen LogP) is 3.35. The molecule has 0 aliphatic rings. The zero-order chi connectivity index (χ0) is 18.2. The minimum absolute atomic E-state index is 0.00329. The lowest BCUT2D eigenvalue weighted by Gasteiger charge is -2.28. The van der Waals surface area contributed by atoms with Crippen LogP contribution < -0.4 is 5.32 Å². The average Bonchev–Trinajstić information content (AvgIpc) is 2.46. The second kappa shape index (κ2) is 9.42. The molecule has 24 heavy (non-hydrogen) atoms. The highest BCUT2D eigenvalue weighted by atomic mass is 16.4. The van der Waals surface area contributed by atoms with Gasteiger partial charge in [-0.2, -0.15) is 0 Å². The molecule has 0 heterocycles. The molecule has 0 saturated carbocycles. The van der Waals surface area contributed by atoms with Crippen molar-refractivity contribution in [3.8, 4) is 0 Å². The number of benzene rings is 1. The van der Waals surface area contributed by atoms with Crippen LogP contribution >= 0.6 is 0 Å². The number of aliphatic carboxylic acids is 1. The van der Waals surface area contributed by atoms with E-state index in [-0.39, 0.29) is 18.7 Å². The van der Waals surface area contributed by atoms with Gasteiger partial charge in [0.15, 0.2) is 0 Å². The molecule has 0 radical (unpaired) electrons. The number of carboxylic acid groups (broad SMARTS) is 1. The van der Waals surface area contributed by atoms with Crippen molar-refractivity contribution in [2.75, 3.05) is 0 Å². The molecule has 0 fully saturated rings. The van der Waals surface area contributed by atoms with Crippen LogP contribution in [0.1, 0.15) is 69.5 Å². The first-order valence-electron chi connectivity index (χ1n) is 8.60. The molecule has 1 unspecified atom stereocenters. The van der Waals surface area contributed by atoms with Crippen molar-refractivity contribution >= 4 is 11.9 Å². The summed E-state index contributed by atoms with van der Waals surface area (Å²) in [5.74, 6) is -1.28. The Hall–Kier alpha value is -1.88. The van der Waals surface area contributed by atoms with Crippen molar-refractivity contribution in [1.29, 1.82) is 0 Å². The molecule has 134 valence electrons. The highest BCUT2D eigenvalue weighted by Gasteiger charge is 2.29. The molecule has 0 aromatic heterocycles. The van der Waals surface area contributed by atoms with Gasteiger partial charge in [-0.1, -0.05) is 51.0 Å². The summed E-state index contributed by atoms with van der Waals surface area (Å²) in [5, 5.41) is 22.6. The number of amides is 1. The first-order chi connectivity index (χ1) is 11.3. The third-order valence-electron chi connectivity index (χ3n) is 4.20. The molecule has 0 aliphatic heterocycles. The molecule has 3 N–H and O–H groups in total. The second-order valence-corrected chi connectivity index (χ2v) is 6.48. The number of aryl methyl sites for hydroxylation is 1. The topological polar surface area (TPSA) is 86.6 Å². The van der Waals surface area contributed by atoms with Crippen molar-refractivity contribution < 1.29 is 19.8 Å². The number of rotatable bonds is 10. The number of hydrogen-bond donors (Lipinski definition) is 3. The van der Waals surface area contributed by atoms with E-state index in [0.717, 1.165) is 24.0 Å². The van der Waals surface area contributed by atoms with Crippen LogP contribution in [0.4, 0.5) is 0 Å². The number of carbonyl (C=O) groups excluding carboxylic acids is 1. The predicted molar refractivity (Wildman–Crippen MR) is 93.7 cm³/mol.